The van der Waals surface area contributed by atoms with Crippen molar-refractivity contribution in [3.63, 3.8) is 0 Å². The van der Waals surface area contributed by atoms with E-state index in [-0.39, 0.29) is 5.69 Å². The SMILES string of the molecule is O=C(O)c1cncn1C1=CCCCC1. The van der Waals surface area contributed by atoms with Crippen LogP contribution in [0.4, 0.5) is 0 Å². The number of hydrogen-bond acceptors (Lipinski definition) is 2. The molecule has 4 nitrogen and oxygen atoms in total. The molecule has 14 heavy (non-hydrogen) atoms. The lowest BCUT2D eigenvalue weighted by molar-refractivity contribution is 0.0688. The van der Waals surface area contributed by atoms with Crippen LogP contribution >= 0.6 is 0 Å². The predicted molar refractivity (Wildman–Crippen MR) is 51.9 cm³/mol. The molecule has 1 aromatic rings. The van der Waals surface area contributed by atoms with Crippen LogP contribution in [0.3, 0.4) is 0 Å². The molecule has 1 heterocycles. The van der Waals surface area contributed by atoms with Crippen LogP contribution in [0.15, 0.2) is 18.6 Å². The van der Waals surface area contributed by atoms with E-state index >= 15 is 0 Å². The van der Waals surface area contributed by atoms with Crippen LogP contribution in [0.5, 0.6) is 0 Å². The number of rotatable bonds is 2. The summed E-state index contributed by atoms with van der Waals surface area (Å²) in [5.41, 5.74) is 1.31. The van der Waals surface area contributed by atoms with Crippen molar-refractivity contribution in [2.45, 2.75) is 25.7 Å². The Morgan fingerprint density at radius 1 is 1.50 bits per heavy atom. The van der Waals surface area contributed by atoms with E-state index in [1.165, 1.54) is 12.6 Å². The van der Waals surface area contributed by atoms with E-state index in [9.17, 15) is 4.79 Å². The van der Waals surface area contributed by atoms with Crippen LogP contribution in [-0.2, 0) is 0 Å². The van der Waals surface area contributed by atoms with Gasteiger partial charge in [0.05, 0.1) is 12.5 Å². The number of allylic oxidation sites excluding steroid dienone is 2. The molecular weight excluding hydrogens is 180 g/mol. The molecule has 0 unspecified atom stereocenters. The minimum Gasteiger partial charge on any atom is -0.477 e. The van der Waals surface area contributed by atoms with Crippen LogP contribution < -0.4 is 0 Å². The molecule has 1 N–H and O–H groups in total. The number of carbonyl (C=O) groups is 1. The van der Waals surface area contributed by atoms with Crippen LogP contribution in [0, 0.1) is 0 Å². The number of hydrogen-bond donors (Lipinski definition) is 1. The molecule has 0 atom stereocenters. The summed E-state index contributed by atoms with van der Waals surface area (Å²) < 4.78 is 1.67. The first-order valence-electron chi connectivity index (χ1n) is 4.74. The minimum absolute atomic E-state index is 0.248. The summed E-state index contributed by atoms with van der Waals surface area (Å²) in [7, 11) is 0. The monoisotopic (exact) mass is 192 g/mol. The van der Waals surface area contributed by atoms with E-state index in [4.69, 9.17) is 5.11 Å². The molecule has 74 valence electrons. The zero-order valence-electron chi connectivity index (χ0n) is 7.81. The Hall–Kier alpha value is -1.58. The molecule has 0 spiro atoms. The molecule has 1 aromatic heterocycles. The second kappa shape index (κ2) is 3.65. The van der Waals surface area contributed by atoms with Gasteiger partial charge < -0.3 is 5.11 Å². The summed E-state index contributed by atoms with van der Waals surface area (Å²) >= 11 is 0. The summed E-state index contributed by atoms with van der Waals surface area (Å²) in [5, 5.41) is 8.90. The second-order valence-corrected chi connectivity index (χ2v) is 3.40. The maximum absolute atomic E-state index is 10.8. The fourth-order valence-corrected chi connectivity index (χ4v) is 1.72. The molecular formula is C10H12N2O2. The van der Waals surface area contributed by atoms with Gasteiger partial charge in [0.15, 0.2) is 5.69 Å². The topological polar surface area (TPSA) is 55.1 Å². The third-order valence-electron chi connectivity index (χ3n) is 2.43. The summed E-state index contributed by atoms with van der Waals surface area (Å²) in [5.74, 6) is -0.922. The van der Waals surface area contributed by atoms with Crippen molar-refractivity contribution in [3.8, 4) is 0 Å². The Morgan fingerprint density at radius 2 is 2.36 bits per heavy atom. The summed E-state index contributed by atoms with van der Waals surface area (Å²) in [6.07, 6.45) is 9.35. The lowest BCUT2D eigenvalue weighted by atomic mass is 10.0. The maximum Gasteiger partial charge on any atom is 0.354 e. The molecule has 0 radical (unpaired) electrons. The van der Waals surface area contributed by atoms with Gasteiger partial charge in [-0.2, -0.15) is 0 Å². The summed E-state index contributed by atoms with van der Waals surface area (Å²) in [4.78, 5) is 14.7. The smallest absolute Gasteiger partial charge is 0.354 e. The molecule has 1 aliphatic carbocycles. The largest absolute Gasteiger partial charge is 0.477 e. The van der Waals surface area contributed by atoms with Gasteiger partial charge in [0.25, 0.3) is 0 Å². The number of imidazole rings is 1. The van der Waals surface area contributed by atoms with Crippen molar-refractivity contribution in [2.24, 2.45) is 0 Å². The van der Waals surface area contributed by atoms with E-state index in [0.29, 0.717) is 0 Å². The molecule has 0 fully saturated rings. The lowest BCUT2D eigenvalue weighted by Crippen LogP contribution is -2.08. The Balaban J connectivity index is 2.35. The molecule has 0 aliphatic heterocycles. The Kier molecular flexibility index (Phi) is 2.35. The normalized spacial score (nSPS) is 16.4. The van der Waals surface area contributed by atoms with Crippen molar-refractivity contribution in [1.29, 1.82) is 0 Å². The van der Waals surface area contributed by atoms with Gasteiger partial charge in [-0.25, -0.2) is 9.78 Å². The van der Waals surface area contributed by atoms with Gasteiger partial charge in [-0.15, -0.1) is 0 Å². The standard InChI is InChI=1S/C10H12N2O2/c13-10(14)9-6-11-7-12(9)8-4-2-1-3-5-8/h4,6-7H,1-3,5H2,(H,13,14). The van der Waals surface area contributed by atoms with Crippen LogP contribution in [0.1, 0.15) is 36.2 Å². The van der Waals surface area contributed by atoms with Gasteiger partial charge in [0, 0.05) is 5.70 Å². The van der Waals surface area contributed by atoms with E-state index < -0.39 is 5.97 Å². The highest BCUT2D eigenvalue weighted by atomic mass is 16.4. The average Bonchev–Trinajstić information content (AvgIpc) is 2.67. The molecule has 4 heteroatoms. The first-order valence-corrected chi connectivity index (χ1v) is 4.74. The number of carboxylic acid groups (broad SMARTS) is 1. The number of aromatic nitrogens is 2. The number of carboxylic acids is 1. The highest BCUT2D eigenvalue weighted by Gasteiger charge is 2.14. The molecule has 1 aliphatic rings. The molecule has 0 bridgehead atoms. The quantitative estimate of drug-likeness (QED) is 0.779. The first-order chi connectivity index (χ1) is 6.79. The molecule has 0 saturated carbocycles. The molecule has 0 amide bonds. The summed E-state index contributed by atoms with van der Waals surface area (Å²) in [6, 6.07) is 0. The van der Waals surface area contributed by atoms with Crippen molar-refractivity contribution in [3.05, 3.63) is 24.3 Å². The van der Waals surface area contributed by atoms with Gasteiger partial charge in [-0.1, -0.05) is 6.08 Å². The van der Waals surface area contributed by atoms with Crippen molar-refractivity contribution < 1.29 is 9.90 Å². The van der Waals surface area contributed by atoms with Crippen LogP contribution in [-0.4, -0.2) is 20.6 Å². The highest BCUT2D eigenvalue weighted by Crippen LogP contribution is 2.22. The zero-order chi connectivity index (χ0) is 9.97. The maximum atomic E-state index is 10.8. The minimum atomic E-state index is -0.922. The fourth-order valence-electron chi connectivity index (χ4n) is 1.72. The van der Waals surface area contributed by atoms with Gasteiger partial charge in [0.2, 0.25) is 0 Å². The Morgan fingerprint density at radius 3 is 3.00 bits per heavy atom. The van der Waals surface area contributed by atoms with E-state index in [1.54, 1.807) is 10.9 Å². The third kappa shape index (κ3) is 1.55. The van der Waals surface area contributed by atoms with Crippen LogP contribution in [0.2, 0.25) is 0 Å². The third-order valence-corrected chi connectivity index (χ3v) is 2.43. The number of nitrogens with zero attached hydrogens (tertiary/aromatic N) is 2. The first kappa shape index (κ1) is 8.99. The second-order valence-electron chi connectivity index (χ2n) is 3.40. The lowest BCUT2D eigenvalue weighted by Gasteiger charge is -2.14. The van der Waals surface area contributed by atoms with Crippen molar-refractivity contribution in [1.82, 2.24) is 9.55 Å². The van der Waals surface area contributed by atoms with Crippen molar-refractivity contribution in [2.75, 3.05) is 0 Å². The van der Waals surface area contributed by atoms with Crippen molar-refractivity contribution >= 4 is 11.7 Å². The number of aromatic carboxylic acids is 1. The van der Waals surface area contributed by atoms with Gasteiger partial charge in [0.1, 0.15) is 0 Å². The molecule has 0 saturated heterocycles. The van der Waals surface area contributed by atoms with Gasteiger partial charge in [-0.05, 0) is 25.7 Å². The van der Waals surface area contributed by atoms with Gasteiger partial charge >= 0.3 is 5.97 Å². The fraction of sp³-hybridized carbons (Fsp3) is 0.400. The average molecular weight is 192 g/mol. The van der Waals surface area contributed by atoms with E-state index in [1.807, 2.05) is 0 Å². The zero-order valence-corrected chi connectivity index (χ0v) is 7.81. The van der Waals surface area contributed by atoms with E-state index in [2.05, 4.69) is 11.1 Å². The van der Waals surface area contributed by atoms with E-state index in [0.717, 1.165) is 25.0 Å². The predicted octanol–water partition coefficient (Wildman–Crippen LogP) is 2.00. The Bertz CT molecular complexity index is 379. The molecule has 2 rings (SSSR count). The Labute approximate surface area is 81.9 Å². The molecule has 0 aromatic carbocycles. The highest BCUT2D eigenvalue weighted by molar-refractivity contribution is 5.86. The van der Waals surface area contributed by atoms with Crippen LogP contribution in [0.25, 0.3) is 5.70 Å². The summed E-state index contributed by atoms with van der Waals surface area (Å²) in [6.45, 7) is 0. The van der Waals surface area contributed by atoms with Gasteiger partial charge in [-0.3, -0.25) is 4.57 Å².